The zero-order valence-corrected chi connectivity index (χ0v) is 23.2. The molecule has 10 nitrogen and oxygen atoms in total. The third kappa shape index (κ3) is 5.79. The monoisotopic (exact) mass is 563 g/mol. The summed E-state index contributed by atoms with van der Waals surface area (Å²) in [5.41, 5.74) is 1.63. The first-order valence-corrected chi connectivity index (χ1v) is 13.6. The number of carbonyl (C=O) groups excluding carboxylic acids is 2. The quantitative estimate of drug-likeness (QED) is 0.285. The van der Waals surface area contributed by atoms with E-state index in [2.05, 4.69) is 22.2 Å². The maximum Gasteiger partial charge on any atom is 0.338 e. The topological polar surface area (TPSA) is 129 Å². The molecule has 1 unspecified atom stereocenters. The van der Waals surface area contributed by atoms with Gasteiger partial charge in [-0.15, -0.1) is 11.3 Å². The highest BCUT2D eigenvalue weighted by Gasteiger charge is 2.23. The predicted molar refractivity (Wildman–Crippen MR) is 151 cm³/mol. The lowest BCUT2D eigenvalue weighted by atomic mass is 9.89. The van der Waals surface area contributed by atoms with Gasteiger partial charge < -0.3 is 29.2 Å². The van der Waals surface area contributed by atoms with Crippen molar-refractivity contribution in [1.82, 2.24) is 9.97 Å². The van der Waals surface area contributed by atoms with E-state index in [1.807, 2.05) is 0 Å². The van der Waals surface area contributed by atoms with E-state index in [-0.39, 0.29) is 41.7 Å². The molecule has 0 radical (unpaired) electrons. The minimum absolute atomic E-state index is 0.188. The number of para-hydroxylation sites is 2. The van der Waals surface area contributed by atoms with Crippen LogP contribution in [0.25, 0.3) is 10.2 Å². The van der Waals surface area contributed by atoms with Crippen LogP contribution in [0.5, 0.6) is 17.2 Å². The van der Waals surface area contributed by atoms with Crippen LogP contribution in [0.15, 0.2) is 47.3 Å². The highest BCUT2D eigenvalue weighted by molar-refractivity contribution is 7.18. The number of ether oxygens (including phenoxy) is 4. The molecule has 1 aliphatic carbocycles. The van der Waals surface area contributed by atoms with Gasteiger partial charge in [0.2, 0.25) is 0 Å². The number of aromatic nitrogens is 2. The van der Waals surface area contributed by atoms with Crippen molar-refractivity contribution in [3.8, 4) is 17.2 Å². The summed E-state index contributed by atoms with van der Waals surface area (Å²) in [7, 11) is 2.95. The standard InChI is InChI=1S/C29H29N3O7S/c1-16-8-10-18-23(12-16)40-28-26(18)27(34)31-24(32-28)14-39-29(35)17-9-11-21(22(13-17)37-3)38-15-25(33)30-19-6-4-5-7-20(19)36-2/h4-7,9,11,13,16H,8,10,12,14-15H2,1-3H3,(H,30,33)(H,31,32,34). The number of anilines is 1. The maximum atomic E-state index is 12.8. The fraction of sp³-hybridized carbons (Fsp3) is 0.310. The van der Waals surface area contributed by atoms with E-state index < -0.39 is 11.9 Å². The van der Waals surface area contributed by atoms with Crippen LogP contribution in [-0.4, -0.2) is 42.7 Å². The summed E-state index contributed by atoms with van der Waals surface area (Å²) in [5.74, 6) is 0.914. The number of hydrogen-bond acceptors (Lipinski definition) is 9. The Bertz CT molecular complexity index is 1630. The van der Waals surface area contributed by atoms with Crippen molar-refractivity contribution in [1.29, 1.82) is 0 Å². The molecule has 5 rings (SSSR count). The number of esters is 1. The Balaban J connectivity index is 1.22. The number of rotatable bonds is 9. The van der Waals surface area contributed by atoms with Gasteiger partial charge in [-0.3, -0.25) is 9.59 Å². The van der Waals surface area contributed by atoms with E-state index in [1.165, 1.54) is 37.3 Å². The molecule has 0 saturated heterocycles. The number of aryl methyl sites for hydroxylation is 1. The molecule has 1 aliphatic rings. The second-order valence-electron chi connectivity index (χ2n) is 9.52. The predicted octanol–water partition coefficient (Wildman–Crippen LogP) is 4.50. The maximum absolute atomic E-state index is 12.8. The second-order valence-corrected chi connectivity index (χ2v) is 10.6. The number of fused-ring (bicyclic) bond motifs is 3. The first-order valence-electron chi connectivity index (χ1n) is 12.8. The van der Waals surface area contributed by atoms with Crippen molar-refractivity contribution in [2.75, 3.05) is 26.1 Å². The van der Waals surface area contributed by atoms with Crippen molar-refractivity contribution < 1.29 is 28.5 Å². The van der Waals surface area contributed by atoms with Crippen LogP contribution in [-0.2, 0) is 29.0 Å². The molecule has 2 aromatic heterocycles. The first-order chi connectivity index (χ1) is 19.4. The van der Waals surface area contributed by atoms with Crippen molar-refractivity contribution in [3.63, 3.8) is 0 Å². The lowest BCUT2D eigenvalue weighted by Gasteiger charge is -2.17. The summed E-state index contributed by atoms with van der Waals surface area (Å²) < 4.78 is 21.6. The molecule has 2 heterocycles. The van der Waals surface area contributed by atoms with Crippen LogP contribution in [0.2, 0.25) is 0 Å². The summed E-state index contributed by atoms with van der Waals surface area (Å²) in [5, 5.41) is 3.38. The molecule has 1 amide bonds. The van der Waals surface area contributed by atoms with Crippen molar-refractivity contribution in [3.05, 3.63) is 74.6 Å². The lowest BCUT2D eigenvalue weighted by molar-refractivity contribution is -0.118. The van der Waals surface area contributed by atoms with Crippen LogP contribution in [0, 0.1) is 5.92 Å². The Morgan fingerprint density at radius 3 is 2.70 bits per heavy atom. The molecular weight excluding hydrogens is 534 g/mol. The van der Waals surface area contributed by atoms with Gasteiger partial charge in [-0.05, 0) is 61.1 Å². The average molecular weight is 564 g/mol. The number of thiophene rings is 1. The van der Waals surface area contributed by atoms with Crippen LogP contribution < -0.4 is 25.1 Å². The second kappa shape index (κ2) is 11.8. The van der Waals surface area contributed by atoms with E-state index in [0.717, 1.165) is 24.8 Å². The minimum Gasteiger partial charge on any atom is -0.495 e. The molecule has 0 saturated carbocycles. The number of H-pyrrole nitrogens is 1. The van der Waals surface area contributed by atoms with E-state index in [9.17, 15) is 14.4 Å². The molecule has 2 N–H and O–H groups in total. The SMILES string of the molecule is COc1ccccc1NC(=O)COc1ccc(C(=O)OCc2nc3sc4c(c3c(=O)[nH]2)CCC(C)C4)cc1OC. The molecule has 0 bridgehead atoms. The largest absolute Gasteiger partial charge is 0.495 e. The van der Waals surface area contributed by atoms with Gasteiger partial charge in [0.15, 0.2) is 18.1 Å². The van der Waals surface area contributed by atoms with Crippen LogP contribution in [0.4, 0.5) is 5.69 Å². The zero-order chi connectivity index (χ0) is 28.2. The Labute approximate surface area is 234 Å². The highest BCUT2D eigenvalue weighted by Crippen LogP contribution is 2.35. The molecule has 208 valence electrons. The molecular formula is C29H29N3O7S. The van der Waals surface area contributed by atoms with Crippen LogP contribution in [0.3, 0.4) is 0 Å². The molecule has 40 heavy (non-hydrogen) atoms. The van der Waals surface area contributed by atoms with Gasteiger partial charge in [0, 0.05) is 4.88 Å². The number of carbonyl (C=O) groups is 2. The Hall–Kier alpha value is -4.38. The Morgan fingerprint density at radius 2 is 1.90 bits per heavy atom. The smallest absolute Gasteiger partial charge is 0.338 e. The van der Waals surface area contributed by atoms with Gasteiger partial charge in [-0.1, -0.05) is 19.1 Å². The van der Waals surface area contributed by atoms with Crippen molar-refractivity contribution >= 4 is 39.1 Å². The van der Waals surface area contributed by atoms with Crippen molar-refractivity contribution in [2.45, 2.75) is 32.8 Å². The average Bonchev–Trinajstić information content (AvgIpc) is 3.32. The number of nitrogens with zero attached hydrogens (tertiary/aromatic N) is 1. The minimum atomic E-state index is -0.624. The number of amides is 1. The molecule has 1 atom stereocenters. The summed E-state index contributed by atoms with van der Waals surface area (Å²) in [6.45, 7) is 1.74. The fourth-order valence-corrected chi connectivity index (χ4v) is 6.07. The summed E-state index contributed by atoms with van der Waals surface area (Å²) in [6.07, 6.45) is 2.89. The fourth-order valence-electron chi connectivity index (χ4n) is 4.67. The van der Waals surface area contributed by atoms with E-state index in [4.69, 9.17) is 18.9 Å². The van der Waals surface area contributed by atoms with E-state index >= 15 is 0 Å². The summed E-state index contributed by atoms with van der Waals surface area (Å²) in [6, 6.07) is 11.5. The molecule has 0 fully saturated rings. The summed E-state index contributed by atoms with van der Waals surface area (Å²) in [4.78, 5) is 47.2. The van der Waals surface area contributed by atoms with Gasteiger partial charge in [-0.2, -0.15) is 0 Å². The van der Waals surface area contributed by atoms with Gasteiger partial charge in [0.25, 0.3) is 11.5 Å². The van der Waals surface area contributed by atoms with Crippen LogP contribution in [0.1, 0.15) is 40.0 Å². The van der Waals surface area contributed by atoms with Gasteiger partial charge in [-0.25, -0.2) is 9.78 Å². The summed E-state index contributed by atoms with van der Waals surface area (Å²) >= 11 is 1.54. The van der Waals surface area contributed by atoms with Gasteiger partial charge in [0.1, 0.15) is 23.0 Å². The Kier molecular flexibility index (Phi) is 8.01. The van der Waals surface area contributed by atoms with Crippen molar-refractivity contribution in [2.24, 2.45) is 5.92 Å². The number of hydrogen-bond donors (Lipinski definition) is 2. The van der Waals surface area contributed by atoms with Gasteiger partial charge >= 0.3 is 5.97 Å². The Morgan fingerprint density at radius 1 is 1.10 bits per heavy atom. The number of aromatic amines is 1. The first kappa shape index (κ1) is 27.2. The molecule has 2 aromatic carbocycles. The molecule has 0 aliphatic heterocycles. The zero-order valence-electron chi connectivity index (χ0n) is 22.4. The normalized spacial score (nSPS) is 14.3. The van der Waals surface area contributed by atoms with E-state index in [1.54, 1.807) is 35.6 Å². The van der Waals surface area contributed by atoms with E-state index in [0.29, 0.717) is 27.6 Å². The molecule has 4 aromatic rings. The number of benzene rings is 2. The molecule has 0 spiro atoms. The molecule has 11 heteroatoms. The van der Waals surface area contributed by atoms with Gasteiger partial charge in [0.05, 0.1) is 30.9 Å². The highest BCUT2D eigenvalue weighted by atomic mass is 32.1. The lowest BCUT2D eigenvalue weighted by Crippen LogP contribution is -2.20. The van der Waals surface area contributed by atoms with Crippen LogP contribution >= 0.6 is 11.3 Å². The third-order valence-corrected chi connectivity index (χ3v) is 7.84. The number of nitrogens with one attached hydrogen (secondary N) is 2. The third-order valence-electron chi connectivity index (χ3n) is 6.69. The number of methoxy groups -OCH3 is 2.